The first-order chi connectivity index (χ1) is 16.4. The van der Waals surface area contributed by atoms with Crippen molar-refractivity contribution in [3.05, 3.63) is 59.4 Å². The number of ether oxygens (including phenoxy) is 3. The lowest BCUT2D eigenvalue weighted by Crippen LogP contribution is -2.32. The molecule has 10 heteroatoms. The zero-order valence-electron chi connectivity index (χ0n) is 19.1. The molecule has 0 saturated carbocycles. The maximum absolute atomic E-state index is 12.8. The molecule has 1 aromatic heterocycles. The Morgan fingerprint density at radius 1 is 1.12 bits per heavy atom. The first-order valence-electron chi connectivity index (χ1n) is 10.5. The molecule has 180 valence electrons. The van der Waals surface area contributed by atoms with Crippen LogP contribution in [0.5, 0.6) is 11.5 Å². The number of amides is 2. The number of para-hydroxylation sites is 1. The summed E-state index contributed by atoms with van der Waals surface area (Å²) in [6.45, 7) is 2.47. The Bertz CT molecular complexity index is 1160. The number of methoxy groups -OCH3 is 2. The number of anilines is 1. The van der Waals surface area contributed by atoms with Gasteiger partial charge < -0.3 is 30.0 Å². The average molecular weight is 488 g/mol. The van der Waals surface area contributed by atoms with E-state index in [1.807, 2.05) is 0 Å². The molecule has 34 heavy (non-hydrogen) atoms. The van der Waals surface area contributed by atoms with Crippen LogP contribution in [0.2, 0.25) is 5.15 Å². The van der Waals surface area contributed by atoms with Crippen molar-refractivity contribution < 1.29 is 28.9 Å². The van der Waals surface area contributed by atoms with Gasteiger partial charge in [0.05, 0.1) is 26.0 Å². The van der Waals surface area contributed by atoms with Gasteiger partial charge in [0.2, 0.25) is 0 Å². The fourth-order valence-corrected chi connectivity index (χ4v) is 3.66. The minimum absolute atomic E-state index is 0.0231. The van der Waals surface area contributed by atoms with Crippen LogP contribution in [-0.2, 0) is 9.47 Å². The second kappa shape index (κ2) is 11.4. The predicted molar refractivity (Wildman–Crippen MR) is 129 cm³/mol. The maximum atomic E-state index is 12.8. The molecule has 0 atom stereocenters. The summed E-state index contributed by atoms with van der Waals surface area (Å²) >= 11 is 6.47. The summed E-state index contributed by atoms with van der Waals surface area (Å²) in [7, 11) is 3.01. The number of aromatic hydroxyl groups is 1. The minimum Gasteiger partial charge on any atom is -0.504 e. The van der Waals surface area contributed by atoms with E-state index in [0.717, 1.165) is 5.56 Å². The van der Waals surface area contributed by atoms with Crippen LogP contribution in [-0.4, -0.2) is 55.7 Å². The molecular formula is C24H26ClN3O6. The summed E-state index contributed by atoms with van der Waals surface area (Å²) in [5.41, 5.74) is 2.16. The fraction of sp³-hybridized carbons (Fsp3) is 0.250. The fourth-order valence-electron chi connectivity index (χ4n) is 3.37. The van der Waals surface area contributed by atoms with Crippen molar-refractivity contribution in [1.29, 1.82) is 0 Å². The van der Waals surface area contributed by atoms with E-state index in [1.165, 1.54) is 24.9 Å². The van der Waals surface area contributed by atoms with Crippen molar-refractivity contribution in [2.45, 2.75) is 6.92 Å². The predicted octanol–water partition coefficient (Wildman–Crippen LogP) is 4.46. The summed E-state index contributed by atoms with van der Waals surface area (Å²) in [6.07, 6.45) is 0. The van der Waals surface area contributed by atoms with Crippen LogP contribution in [0, 0.1) is 0 Å². The Morgan fingerprint density at radius 3 is 2.50 bits per heavy atom. The van der Waals surface area contributed by atoms with Gasteiger partial charge in [-0.1, -0.05) is 35.9 Å². The molecule has 0 fully saturated rings. The van der Waals surface area contributed by atoms with E-state index in [1.54, 1.807) is 49.4 Å². The van der Waals surface area contributed by atoms with Gasteiger partial charge in [0.1, 0.15) is 5.15 Å². The number of hydrogen-bond donors (Lipinski definition) is 3. The highest BCUT2D eigenvalue weighted by molar-refractivity contribution is 6.31. The number of carbonyl (C=O) groups is 2. The van der Waals surface area contributed by atoms with Gasteiger partial charge in [0.15, 0.2) is 17.2 Å². The number of phenols is 1. The molecule has 1 heterocycles. The molecule has 2 amide bonds. The van der Waals surface area contributed by atoms with Crippen LogP contribution in [0.3, 0.4) is 0 Å². The molecule has 0 bridgehead atoms. The average Bonchev–Trinajstić information content (AvgIpc) is 3.15. The Hall–Kier alpha value is -3.69. The van der Waals surface area contributed by atoms with Gasteiger partial charge in [-0.05, 0) is 30.7 Å². The number of nitrogens with zero attached hydrogens (tertiary/aromatic N) is 1. The van der Waals surface area contributed by atoms with Crippen molar-refractivity contribution in [2.24, 2.45) is 0 Å². The largest absolute Gasteiger partial charge is 0.504 e. The summed E-state index contributed by atoms with van der Waals surface area (Å²) in [4.78, 5) is 25.0. The van der Waals surface area contributed by atoms with E-state index < -0.39 is 12.0 Å². The van der Waals surface area contributed by atoms with Gasteiger partial charge in [0.25, 0.3) is 0 Å². The summed E-state index contributed by atoms with van der Waals surface area (Å²) in [5.74, 6) is -0.259. The number of nitrogens with one attached hydrogen (secondary N) is 2. The molecule has 0 aliphatic carbocycles. The molecule has 0 aliphatic rings. The topological polar surface area (TPSA) is 111 Å². The Kier molecular flexibility index (Phi) is 8.39. The molecule has 2 aromatic carbocycles. The number of esters is 1. The first kappa shape index (κ1) is 24.9. The quantitative estimate of drug-likeness (QED) is 0.303. The summed E-state index contributed by atoms with van der Waals surface area (Å²) in [5, 5.41) is 15.9. The number of rotatable bonds is 9. The van der Waals surface area contributed by atoms with Gasteiger partial charge in [-0.25, -0.2) is 9.59 Å². The van der Waals surface area contributed by atoms with Crippen LogP contribution in [0.15, 0.2) is 48.5 Å². The van der Waals surface area contributed by atoms with Crippen molar-refractivity contribution >= 4 is 29.3 Å². The molecule has 0 radical (unpaired) electrons. The van der Waals surface area contributed by atoms with Gasteiger partial charge in [0, 0.05) is 31.0 Å². The Labute approximate surface area is 202 Å². The third-order valence-electron chi connectivity index (χ3n) is 4.92. The number of aromatic nitrogens is 1. The highest BCUT2D eigenvalue weighted by atomic mass is 35.5. The molecule has 0 aliphatic heterocycles. The molecule has 9 nitrogen and oxygen atoms in total. The lowest BCUT2D eigenvalue weighted by Gasteiger charge is -2.14. The third-order valence-corrected chi connectivity index (χ3v) is 5.20. The van der Waals surface area contributed by atoms with Crippen molar-refractivity contribution in [3.8, 4) is 28.3 Å². The smallest absolute Gasteiger partial charge is 0.357 e. The number of hydrogen-bond acceptors (Lipinski definition) is 6. The SMILES string of the molecule is CCOC(=O)c1c(NC(=O)NCCOC)cc(Cl)n1-c1ccc(-c2cccc(OC)c2O)cc1. The molecule has 3 N–H and O–H groups in total. The number of benzene rings is 2. The lowest BCUT2D eigenvalue weighted by molar-refractivity contribution is 0.0518. The van der Waals surface area contributed by atoms with Gasteiger partial charge in [-0.15, -0.1) is 0 Å². The highest BCUT2D eigenvalue weighted by Gasteiger charge is 2.24. The number of phenolic OH excluding ortho intramolecular Hbond substituents is 1. The van der Waals surface area contributed by atoms with Gasteiger partial charge in [-0.2, -0.15) is 0 Å². The second-order valence-corrected chi connectivity index (χ2v) is 7.45. The lowest BCUT2D eigenvalue weighted by atomic mass is 10.0. The Balaban J connectivity index is 1.98. The molecule has 3 aromatic rings. The van der Waals surface area contributed by atoms with E-state index >= 15 is 0 Å². The van der Waals surface area contributed by atoms with E-state index in [0.29, 0.717) is 30.2 Å². The van der Waals surface area contributed by atoms with Crippen LogP contribution < -0.4 is 15.4 Å². The molecular weight excluding hydrogens is 462 g/mol. The molecule has 0 saturated heterocycles. The molecule has 0 unspecified atom stereocenters. The normalized spacial score (nSPS) is 10.6. The molecule has 0 spiro atoms. The second-order valence-electron chi connectivity index (χ2n) is 7.06. The number of halogens is 1. The van der Waals surface area contributed by atoms with Crippen LogP contribution >= 0.6 is 11.6 Å². The summed E-state index contributed by atoms with van der Waals surface area (Å²) in [6, 6.07) is 13.2. The Morgan fingerprint density at radius 2 is 1.85 bits per heavy atom. The van der Waals surface area contributed by atoms with E-state index in [2.05, 4.69) is 10.6 Å². The van der Waals surface area contributed by atoms with Crippen molar-refractivity contribution in [3.63, 3.8) is 0 Å². The van der Waals surface area contributed by atoms with E-state index in [9.17, 15) is 14.7 Å². The molecule has 3 rings (SSSR count). The van der Waals surface area contributed by atoms with E-state index in [-0.39, 0.29) is 28.9 Å². The first-order valence-corrected chi connectivity index (χ1v) is 10.9. The van der Waals surface area contributed by atoms with E-state index in [4.69, 9.17) is 25.8 Å². The zero-order valence-corrected chi connectivity index (χ0v) is 19.8. The van der Waals surface area contributed by atoms with Crippen LogP contribution in [0.1, 0.15) is 17.4 Å². The minimum atomic E-state index is -0.642. The van der Waals surface area contributed by atoms with Crippen molar-refractivity contribution in [1.82, 2.24) is 9.88 Å². The summed E-state index contributed by atoms with van der Waals surface area (Å²) < 4.78 is 16.8. The van der Waals surface area contributed by atoms with Gasteiger partial charge in [-0.3, -0.25) is 4.57 Å². The monoisotopic (exact) mass is 487 g/mol. The zero-order chi connectivity index (χ0) is 24.7. The number of urea groups is 1. The standard InChI is InChI=1S/C24H26ClN3O6/c1-4-34-23(30)21-18(27-24(31)26-12-13-32-2)14-20(25)28(21)16-10-8-15(9-11-16)17-6-5-7-19(33-3)22(17)29/h5-11,14,29H,4,12-13H2,1-3H3,(H2,26,27,31). The van der Waals surface area contributed by atoms with Gasteiger partial charge >= 0.3 is 12.0 Å². The number of carbonyl (C=O) groups excluding carboxylic acids is 2. The van der Waals surface area contributed by atoms with Crippen molar-refractivity contribution in [2.75, 3.05) is 39.3 Å². The maximum Gasteiger partial charge on any atom is 0.357 e. The van der Waals surface area contributed by atoms with Crippen LogP contribution in [0.25, 0.3) is 16.8 Å². The van der Waals surface area contributed by atoms with Crippen LogP contribution in [0.4, 0.5) is 10.5 Å². The highest BCUT2D eigenvalue weighted by Crippen LogP contribution is 2.37. The third kappa shape index (κ3) is 5.44.